The molecule has 0 atom stereocenters. The van der Waals surface area contributed by atoms with Crippen molar-refractivity contribution in [1.29, 1.82) is 5.26 Å². The van der Waals surface area contributed by atoms with Gasteiger partial charge in [-0.2, -0.15) is 5.26 Å². The highest BCUT2D eigenvalue weighted by molar-refractivity contribution is 6.09. The quantitative estimate of drug-likeness (QED) is 0.215. The van der Waals surface area contributed by atoms with E-state index >= 15 is 0 Å². The van der Waals surface area contributed by atoms with E-state index in [1.54, 1.807) is 6.20 Å². The molecule has 0 N–H and O–H groups in total. The standard InChI is InChI=1S/C40H27N3/c41-25-27-8-16-36(17-9-27)43(38-7-4-20-42-26-38)37-18-14-29(15-19-37)35-23-32-12-10-30-21-34(28-5-2-1-3-6-28)22-31-11-13-33(24-35)40(32)39(30)31/h1-21,23,26H,22,24H2. The zero-order chi connectivity index (χ0) is 28.8. The van der Waals surface area contributed by atoms with Crippen LogP contribution < -0.4 is 4.90 Å². The summed E-state index contributed by atoms with van der Waals surface area (Å²) in [7, 11) is 0. The molecule has 0 unspecified atom stereocenters. The normalized spacial score (nSPS) is 13.2. The zero-order valence-electron chi connectivity index (χ0n) is 23.5. The topological polar surface area (TPSA) is 39.9 Å². The van der Waals surface area contributed by atoms with E-state index < -0.39 is 0 Å². The molecule has 0 fully saturated rings. The zero-order valence-corrected chi connectivity index (χ0v) is 23.5. The molecular weight excluding hydrogens is 522 g/mol. The monoisotopic (exact) mass is 549 g/mol. The molecule has 202 valence electrons. The van der Waals surface area contributed by atoms with Crippen molar-refractivity contribution >= 4 is 51.1 Å². The lowest BCUT2D eigenvalue weighted by Gasteiger charge is -2.26. The summed E-state index contributed by atoms with van der Waals surface area (Å²) >= 11 is 0. The van der Waals surface area contributed by atoms with Gasteiger partial charge in [-0.1, -0.05) is 78.9 Å². The second kappa shape index (κ2) is 10.3. The number of hydrogen-bond acceptors (Lipinski definition) is 3. The average Bonchev–Trinajstić information content (AvgIpc) is 3.08. The Balaban J connectivity index is 1.15. The second-order valence-electron chi connectivity index (χ2n) is 11.2. The maximum absolute atomic E-state index is 9.28. The van der Waals surface area contributed by atoms with Crippen LogP contribution in [-0.2, 0) is 12.8 Å². The highest BCUT2D eigenvalue weighted by Gasteiger charge is 2.22. The summed E-state index contributed by atoms with van der Waals surface area (Å²) in [6.45, 7) is 0. The first-order chi connectivity index (χ1) is 21.2. The largest absolute Gasteiger partial charge is 0.309 e. The number of anilines is 3. The summed E-state index contributed by atoms with van der Waals surface area (Å²) in [5.41, 5.74) is 14.3. The third-order valence-corrected chi connectivity index (χ3v) is 8.62. The molecule has 1 aromatic heterocycles. The van der Waals surface area contributed by atoms with Gasteiger partial charge in [0.25, 0.3) is 0 Å². The van der Waals surface area contributed by atoms with Crippen molar-refractivity contribution in [3.63, 3.8) is 0 Å². The van der Waals surface area contributed by atoms with Crippen LogP contribution in [0.25, 0.3) is 34.1 Å². The molecule has 0 saturated heterocycles. The number of benzene rings is 5. The lowest BCUT2D eigenvalue weighted by molar-refractivity contribution is 1.22. The van der Waals surface area contributed by atoms with Gasteiger partial charge in [-0.05, 0) is 117 Å². The SMILES string of the molecule is N#Cc1ccc(N(c2ccc(C3=Cc4ccc5c6c(ccc(c46)C3)CC(c3ccccc3)=C5)cc2)c2cccnc2)cc1. The Kier molecular flexibility index (Phi) is 5.98. The second-order valence-corrected chi connectivity index (χ2v) is 11.2. The molecule has 0 radical (unpaired) electrons. The minimum Gasteiger partial charge on any atom is -0.309 e. The average molecular weight is 550 g/mol. The third-order valence-electron chi connectivity index (χ3n) is 8.62. The Morgan fingerprint density at radius 2 is 1.14 bits per heavy atom. The van der Waals surface area contributed by atoms with Gasteiger partial charge in [-0.3, -0.25) is 4.98 Å². The minimum atomic E-state index is 0.641. The van der Waals surface area contributed by atoms with Gasteiger partial charge in [0, 0.05) is 17.6 Å². The lowest BCUT2D eigenvalue weighted by Crippen LogP contribution is -2.10. The first kappa shape index (κ1) is 25.0. The van der Waals surface area contributed by atoms with Gasteiger partial charge in [-0.25, -0.2) is 0 Å². The molecule has 0 spiro atoms. The molecule has 5 aromatic carbocycles. The molecule has 3 heteroatoms. The smallest absolute Gasteiger partial charge is 0.0991 e. The molecule has 2 aliphatic carbocycles. The Morgan fingerprint density at radius 3 is 1.70 bits per heavy atom. The van der Waals surface area contributed by atoms with E-state index in [1.807, 2.05) is 36.5 Å². The number of aromatic nitrogens is 1. The van der Waals surface area contributed by atoms with Crippen LogP contribution in [0, 0.1) is 11.3 Å². The van der Waals surface area contributed by atoms with Crippen LogP contribution in [0.2, 0.25) is 0 Å². The Labute approximate surface area is 251 Å². The Hall–Kier alpha value is -5.72. The van der Waals surface area contributed by atoms with Crippen molar-refractivity contribution < 1.29 is 0 Å². The number of hydrogen-bond donors (Lipinski definition) is 0. The van der Waals surface area contributed by atoms with E-state index in [9.17, 15) is 5.26 Å². The van der Waals surface area contributed by atoms with Crippen molar-refractivity contribution in [3.05, 3.63) is 167 Å². The summed E-state index contributed by atoms with van der Waals surface area (Å²) in [5.74, 6) is 0. The van der Waals surface area contributed by atoms with Crippen molar-refractivity contribution in [1.82, 2.24) is 4.98 Å². The molecule has 0 amide bonds. The number of rotatable bonds is 5. The van der Waals surface area contributed by atoms with Gasteiger partial charge >= 0.3 is 0 Å². The highest BCUT2D eigenvalue weighted by atomic mass is 15.1. The maximum Gasteiger partial charge on any atom is 0.0991 e. The fourth-order valence-corrected chi connectivity index (χ4v) is 6.58. The molecule has 0 aliphatic heterocycles. The van der Waals surface area contributed by atoms with E-state index in [0.29, 0.717) is 5.56 Å². The first-order valence-corrected chi connectivity index (χ1v) is 14.6. The van der Waals surface area contributed by atoms with Crippen molar-refractivity contribution in [3.8, 4) is 6.07 Å². The lowest BCUT2D eigenvalue weighted by atomic mass is 9.79. The van der Waals surface area contributed by atoms with Crippen LogP contribution in [0.3, 0.4) is 0 Å². The molecule has 8 rings (SSSR count). The number of allylic oxidation sites excluding steroid dienone is 2. The van der Waals surface area contributed by atoms with E-state index in [2.05, 4.69) is 113 Å². The molecule has 0 saturated carbocycles. The first-order valence-electron chi connectivity index (χ1n) is 14.6. The minimum absolute atomic E-state index is 0.641. The molecule has 3 nitrogen and oxygen atoms in total. The number of nitriles is 1. The van der Waals surface area contributed by atoms with Crippen LogP contribution in [-0.4, -0.2) is 4.98 Å². The number of nitrogens with zero attached hydrogens (tertiary/aromatic N) is 3. The van der Waals surface area contributed by atoms with Crippen LogP contribution in [0.15, 0.2) is 128 Å². The van der Waals surface area contributed by atoms with Gasteiger partial charge in [0.1, 0.15) is 0 Å². The van der Waals surface area contributed by atoms with Crippen LogP contribution in [0.1, 0.15) is 38.9 Å². The number of pyridine rings is 1. The van der Waals surface area contributed by atoms with E-state index in [-0.39, 0.29) is 0 Å². The van der Waals surface area contributed by atoms with Crippen molar-refractivity contribution in [2.24, 2.45) is 0 Å². The Bertz CT molecular complexity index is 2100. The summed E-state index contributed by atoms with van der Waals surface area (Å²) in [6.07, 6.45) is 10.3. The van der Waals surface area contributed by atoms with Gasteiger partial charge in [-0.15, -0.1) is 0 Å². The predicted molar refractivity (Wildman–Crippen MR) is 177 cm³/mol. The van der Waals surface area contributed by atoms with E-state index in [4.69, 9.17) is 0 Å². The van der Waals surface area contributed by atoms with Crippen LogP contribution in [0.4, 0.5) is 17.1 Å². The molecule has 6 aromatic rings. The summed E-state index contributed by atoms with van der Waals surface area (Å²) in [4.78, 5) is 6.53. The fourth-order valence-electron chi connectivity index (χ4n) is 6.58. The van der Waals surface area contributed by atoms with Crippen LogP contribution in [0.5, 0.6) is 0 Å². The predicted octanol–water partition coefficient (Wildman–Crippen LogP) is 9.77. The molecule has 1 heterocycles. The summed E-state index contributed by atoms with van der Waals surface area (Å²) < 4.78 is 0. The van der Waals surface area contributed by atoms with Crippen molar-refractivity contribution in [2.75, 3.05) is 4.90 Å². The third kappa shape index (κ3) is 4.41. The molecule has 43 heavy (non-hydrogen) atoms. The van der Waals surface area contributed by atoms with Gasteiger partial charge in [0.15, 0.2) is 0 Å². The van der Waals surface area contributed by atoms with Gasteiger partial charge in [0.2, 0.25) is 0 Å². The highest BCUT2D eigenvalue weighted by Crippen LogP contribution is 2.43. The summed E-state index contributed by atoms with van der Waals surface area (Å²) in [5, 5.41) is 12.1. The molecular formula is C40H27N3. The van der Waals surface area contributed by atoms with E-state index in [0.717, 1.165) is 29.9 Å². The molecule has 2 aliphatic rings. The van der Waals surface area contributed by atoms with Crippen LogP contribution >= 0.6 is 0 Å². The fraction of sp³-hybridized carbons (Fsp3) is 0.0500. The summed E-state index contributed by atoms with van der Waals surface area (Å²) in [6, 6.07) is 42.7. The maximum atomic E-state index is 9.28. The Morgan fingerprint density at radius 1 is 0.558 bits per heavy atom. The van der Waals surface area contributed by atoms with Gasteiger partial charge in [0.05, 0.1) is 23.5 Å². The van der Waals surface area contributed by atoms with Crippen molar-refractivity contribution in [2.45, 2.75) is 12.8 Å². The molecule has 0 bridgehead atoms. The van der Waals surface area contributed by atoms with Gasteiger partial charge < -0.3 is 4.90 Å². The van der Waals surface area contributed by atoms with E-state index in [1.165, 1.54) is 55.3 Å².